The van der Waals surface area contributed by atoms with Gasteiger partial charge in [0.1, 0.15) is 6.16 Å². The highest BCUT2D eigenvalue weighted by atomic mass is 31.2. The number of esters is 2. The van der Waals surface area contributed by atoms with Gasteiger partial charge in [0.2, 0.25) is 0 Å². The van der Waals surface area contributed by atoms with Gasteiger partial charge in [-0.05, 0) is 23.8 Å². The number of hydrogen-bond donors (Lipinski definition) is 0. The molecular weight excluding hydrogens is 349 g/mol. The van der Waals surface area contributed by atoms with Crippen LogP contribution in [0, 0.1) is 11.3 Å². The normalized spacial score (nSPS) is 10.4. The van der Waals surface area contributed by atoms with Crippen LogP contribution in [-0.4, -0.2) is 46.5 Å². The Bertz CT molecular complexity index is 686. The highest BCUT2D eigenvalue weighted by Gasteiger charge is 2.25. The summed E-state index contributed by atoms with van der Waals surface area (Å²) >= 11 is 0. The SMILES string of the molecule is COC(=O)/C=C/c1cccc(C#N)c1.COC(=O)CP(=O)(OC)OC. The highest BCUT2D eigenvalue weighted by Crippen LogP contribution is 2.45. The minimum Gasteiger partial charge on any atom is -0.469 e. The Hall–Kier alpha value is -2.46. The van der Waals surface area contributed by atoms with Gasteiger partial charge in [0.05, 0.1) is 25.9 Å². The molecule has 0 saturated heterocycles. The molecule has 1 rings (SSSR count). The van der Waals surface area contributed by atoms with Crippen molar-refractivity contribution < 1.29 is 32.7 Å². The van der Waals surface area contributed by atoms with Gasteiger partial charge < -0.3 is 18.5 Å². The first-order valence-corrected chi connectivity index (χ1v) is 8.60. The maximum Gasteiger partial charge on any atom is 0.341 e. The molecule has 0 radical (unpaired) electrons. The van der Waals surface area contributed by atoms with Gasteiger partial charge in [-0.15, -0.1) is 0 Å². The zero-order chi connectivity index (χ0) is 19.3. The standard InChI is InChI=1S/C11H9NO2.C5H11O5P/c1-14-11(13)6-5-9-3-2-4-10(7-9)8-12;1-8-5(6)4-11(7,9-2)10-3/h2-7H,1H3;4H2,1-3H3/b6-5+;. The minimum atomic E-state index is -3.23. The summed E-state index contributed by atoms with van der Waals surface area (Å²) in [6.07, 6.45) is 2.57. The molecule has 136 valence electrons. The van der Waals surface area contributed by atoms with Crippen molar-refractivity contribution in [2.24, 2.45) is 0 Å². The van der Waals surface area contributed by atoms with Crippen molar-refractivity contribution >= 4 is 25.6 Å². The summed E-state index contributed by atoms with van der Waals surface area (Å²) in [6.45, 7) is 0. The predicted octanol–water partition coefficient (Wildman–Crippen LogP) is 2.39. The molecule has 0 N–H and O–H groups in total. The lowest BCUT2D eigenvalue weighted by Gasteiger charge is -2.10. The second-order valence-corrected chi connectivity index (χ2v) is 6.57. The molecule has 0 saturated carbocycles. The van der Waals surface area contributed by atoms with Crippen LogP contribution in [0.15, 0.2) is 30.3 Å². The molecule has 0 aromatic heterocycles. The third kappa shape index (κ3) is 9.42. The van der Waals surface area contributed by atoms with Crippen LogP contribution in [0.25, 0.3) is 6.08 Å². The van der Waals surface area contributed by atoms with Crippen molar-refractivity contribution in [1.29, 1.82) is 5.26 Å². The molecule has 0 amide bonds. The van der Waals surface area contributed by atoms with Gasteiger partial charge in [0.15, 0.2) is 0 Å². The monoisotopic (exact) mass is 369 g/mol. The van der Waals surface area contributed by atoms with Gasteiger partial charge in [-0.25, -0.2) is 4.79 Å². The quantitative estimate of drug-likeness (QED) is 0.427. The summed E-state index contributed by atoms with van der Waals surface area (Å²) < 4.78 is 28.9. The van der Waals surface area contributed by atoms with Crippen molar-refractivity contribution in [3.63, 3.8) is 0 Å². The van der Waals surface area contributed by atoms with Gasteiger partial charge in [0.25, 0.3) is 0 Å². The van der Waals surface area contributed by atoms with E-state index in [-0.39, 0.29) is 6.16 Å². The van der Waals surface area contributed by atoms with Crippen molar-refractivity contribution in [1.82, 2.24) is 0 Å². The lowest BCUT2D eigenvalue weighted by Crippen LogP contribution is -2.08. The molecular formula is C16H20NO7P. The number of hydrogen-bond acceptors (Lipinski definition) is 8. The third-order valence-electron chi connectivity index (χ3n) is 2.74. The van der Waals surface area contributed by atoms with Crippen LogP contribution in [-0.2, 0) is 32.7 Å². The Morgan fingerprint density at radius 1 is 1.16 bits per heavy atom. The summed E-state index contributed by atoms with van der Waals surface area (Å²) in [7, 11) is 1.73. The highest BCUT2D eigenvalue weighted by molar-refractivity contribution is 7.54. The van der Waals surface area contributed by atoms with Crippen LogP contribution in [0.1, 0.15) is 11.1 Å². The number of methoxy groups -OCH3 is 2. The largest absolute Gasteiger partial charge is 0.469 e. The number of rotatable bonds is 6. The zero-order valence-electron chi connectivity index (χ0n) is 14.4. The maximum absolute atomic E-state index is 11.2. The second-order valence-electron chi connectivity index (χ2n) is 4.30. The van der Waals surface area contributed by atoms with Crippen LogP contribution in [0.2, 0.25) is 0 Å². The molecule has 0 fully saturated rings. The maximum atomic E-state index is 11.2. The number of carbonyl (C=O) groups excluding carboxylic acids is 2. The van der Waals surface area contributed by atoms with Crippen LogP contribution in [0.5, 0.6) is 0 Å². The van der Waals surface area contributed by atoms with E-state index in [0.717, 1.165) is 5.56 Å². The second kappa shape index (κ2) is 12.0. The molecule has 25 heavy (non-hydrogen) atoms. The van der Waals surface area contributed by atoms with E-state index in [4.69, 9.17) is 5.26 Å². The Balaban J connectivity index is 0.000000477. The minimum absolute atomic E-state index is 0.351. The van der Waals surface area contributed by atoms with Gasteiger partial charge >= 0.3 is 19.5 Å². The van der Waals surface area contributed by atoms with Gasteiger partial charge in [0, 0.05) is 20.3 Å². The van der Waals surface area contributed by atoms with E-state index in [2.05, 4.69) is 18.5 Å². The molecule has 0 aliphatic carbocycles. The van der Waals surface area contributed by atoms with Crippen molar-refractivity contribution in [2.45, 2.75) is 0 Å². The van der Waals surface area contributed by atoms with Crippen LogP contribution in [0.4, 0.5) is 0 Å². The molecule has 0 spiro atoms. The van der Waals surface area contributed by atoms with E-state index in [1.165, 1.54) is 34.5 Å². The van der Waals surface area contributed by atoms with Crippen molar-refractivity contribution in [2.75, 3.05) is 34.6 Å². The van der Waals surface area contributed by atoms with Crippen LogP contribution < -0.4 is 0 Å². The number of benzene rings is 1. The van der Waals surface area contributed by atoms with Crippen molar-refractivity contribution in [3.8, 4) is 6.07 Å². The number of ether oxygens (including phenoxy) is 2. The molecule has 9 heteroatoms. The average Bonchev–Trinajstić information content (AvgIpc) is 2.66. The molecule has 0 atom stereocenters. The summed E-state index contributed by atoms with van der Waals surface area (Å²) in [5.74, 6) is -1.02. The Labute approximate surface area is 146 Å². The number of carbonyl (C=O) groups is 2. The number of nitrogens with zero attached hydrogens (tertiary/aromatic N) is 1. The van der Waals surface area contributed by atoms with Crippen LogP contribution in [0.3, 0.4) is 0 Å². The molecule has 0 aliphatic heterocycles. The predicted molar refractivity (Wildman–Crippen MR) is 90.7 cm³/mol. The average molecular weight is 369 g/mol. The lowest BCUT2D eigenvalue weighted by atomic mass is 10.1. The van der Waals surface area contributed by atoms with Crippen molar-refractivity contribution in [3.05, 3.63) is 41.5 Å². The zero-order valence-corrected chi connectivity index (χ0v) is 15.3. The first kappa shape index (κ1) is 22.5. The molecule has 0 heterocycles. The fourth-order valence-corrected chi connectivity index (χ4v) is 2.22. The Kier molecular flexibility index (Phi) is 10.8. The van der Waals surface area contributed by atoms with Gasteiger partial charge in [-0.2, -0.15) is 5.26 Å². The third-order valence-corrected chi connectivity index (χ3v) is 4.49. The van der Waals surface area contributed by atoms with Gasteiger partial charge in [-0.3, -0.25) is 9.36 Å². The fraction of sp³-hybridized carbons (Fsp3) is 0.312. The summed E-state index contributed by atoms with van der Waals surface area (Å²) in [4.78, 5) is 21.4. The van der Waals surface area contributed by atoms with E-state index in [0.29, 0.717) is 5.56 Å². The summed E-state index contributed by atoms with van der Waals surface area (Å²) in [6, 6.07) is 8.98. The molecule has 1 aromatic carbocycles. The summed E-state index contributed by atoms with van der Waals surface area (Å²) in [5.41, 5.74) is 1.37. The lowest BCUT2D eigenvalue weighted by molar-refractivity contribution is -0.138. The van der Waals surface area contributed by atoms with E-state index in [1.54, 1.807) is 30.3 Å². The molecule has 0 bridgehead atoms. The van der Waals surface area contributed by atoms with E-state index in [1.807, 2.05) is 6.07 Å². The molecule has 0 aliphatic rings. The molecule has 1 aromatic rings. The Morgan fingerprint density at radius 2 is 1.80 bits per heavy atom. The first-order chi connectivity index (χ1) is 11.8. The molecule has 8 nitrogen and oxygen atoms in total. The first-order valence-electron chi connectivity index (χ1n) is 6.87. The Morgan fingerprint density at radius 3 is 2.28 bits per heavy atom. The fourth-order valence-electron chi connectivity index (χ4n) is 1.37. The van der Waals surface area contributed by atoms with Gasteiger partial charge in [-0.1, -0.05) is 12.1 Å². The molecule has 0 unspecified atom stereocenters. The topological polar surface area (TPSA) is 112 Å². The van der Waals surface area contributed by atoms with E-state index >= 15 is 0 Å². The van der Waals surface area contributed by atoms with Crippen LogP contribution >= 0.6 is 7.60 Å². The summed E-state index contributed by atoms with van der Waals surface area (Å²) in [5, 5.41) is 8.62. The van der Waals surface area contributed by atoms with E-state index < -0.39 is 19.5 Å². The smallest absolute Gasteiger partial charge is 0.341 e. The van der Waals surface area contributed by atoms with E-state index in [9.17, 15) is 14.2 Å². The number of nitriles is 1.